The number of nitrogens with two attached hydrogens (primary N) is 2. The fourth-order valence-electron chi connectivity index (χ4n) is 7.00. The van der Waals surface area contributed by atoms with Crippen LogP contribution < -0.4 is 16.4 Å². The van der Waals surface area contributed by atoms with E-state index in [0.717, 1.165) is 44.4 Å². The number of piperazine rings is 1. The average Bonchev–Trinajstić information content (AvgIpc) is 2.81. The summed E-state index contributed by atoms with van der Waals surface area (Å²) in [5.41, 5.74) is 10.5. The van der Waals surface area contributed by atoms with Gasteiger partial charge in [0.05, 0.1) is 17.7 Å². The van der Waals surface area contributed by atoms with Gasteiger partial charge in [-0.1, -0.05) is 0 Å². The number of primary amides is 1. The number of hydrogen-bond donors (Lipinski definition) is 2. The summed E-state index contributed by atoms with van der Waals surface area (Å²) in [6.07, 6.45) is 0.0123. The van der Waals surface area contributed by atoms with Gasteiger partial charge in [-0.2, -0.15) is 18.4 Å². The quantitative estimate of drug-likeness (QED) is 0.464. The first-order valence-corrected chi connectivity index (χ1v) is 12.3. The highest BCUT2D eigenvalue weighted by molar-refractivity contribution is 5.88. The molecular formula is C24H30F3N7O2. The zero-order valence-electron chi connectivity index (χ0n) is 19.8. The number of halogens is 3. The van der Waals surface area contributed by atoms with E-state index in [1.807, 2.05) is 9.80 Å². The van der Waals surface area contributed by atoms with E-state index in [9.17, 15) is 23.2 Å². The third kappa shape index (κ3) is 4.68. The molecule has 4 aliphatic carbocycles. The smallest absolute Gasteiger partial charge is 0.417 e. The molecule has 36 heavy (non-hydrogen) atoms. The Labute approximate surface area is 207 Å². The molecule has 1 aromatic heterocycles. The number of amides is 1. The monoisotopic (exact) mass is 505 g/mol. The number of pyridine rings is 1. The Balaban J connectivity index is 1.22. The lowest BCUT2D eigenvalue weighted by Crippen LogP contribution is -2.59. The van der Waals surface area contributed by atoms with Gasteiger partial charge in [-0.05, 0) is 62.0 Å². The van der Waals surface area contributed by atoms with Crippen LogP contribution in [0.3, 0.4) is 0 Å². The van der Waals surface area contributed by atoms with E-state index in [1.54, 1.807) is 0 Å². The molecule has 0 spiro atoms. The molecule has 1 saturated heterocycles. The number of nitrogens with zero attached hydrogens (tertiary/aromatic N) is 5. The number of carbonyl (C=O) groups excluding carboxylic acids is 1. The number of carbonyl (C=O) groups is 1. The normalized spacial score (nSPS) is 33.3. The van der Waals surface area contributed by atoms with Gasteiger partial charge in [0.1, 0.15) is 17.3 Å². The SMILES string of the molecule is N#CC(C(N)=NC1C2CC3CC1CC(OC(N)=O)(C3)C2)N1CCN(c2ccc(C(F)(F)F)cn2)CC1. The number of hydrogen-bond acceptors (Lipinski definition) is 7. The summed E-state index contributed by atoms with van der Waals surface area (Å²) >= 11 is 0. The van der Waals surface area contributed by atoms with Crippen molar-refractivity contribution < 1.29 is 22.7 Å². The van der Waals surface area contributed by atoms with Gasteiger partial charge < -0.3 is 21.1 Å². The number of amidine groups is 1. The molecule has 6 rings (SSSR count). The third-order valence-electron chi connectivity index (χ3n) is 8.26. The topological polar surface area (TPSA) is 134 Å². The Morgan fingerprint density at radius 1 is 1.17 bits per heavy atom. The van der Waals surface area contributed by atoms with Crippen LogP contribution in [-0.4, -0.2) is 65.7 Å². The summed E-state index contributed by atoms with van der Waals surface area (Å²) in [5.74, 6) is 1.75. The van der Waals surface area contributed by atoms with Crippen molar-refractivity contribution in [3.8, 4) is 6.07 Å². The molecule has 1 aromatic rings. The third-order valence-corrected chi connectivity index (χ3v) is 8.26. The highest BCUT2D eigenvalue weighted by Gasteiger charge is 2.57. The second-order valence-corrected chi connectivity index (χ2v) is 10.6. The Morgan fingerprint density at radius 3 is 2.36 bits per heavy atom. The first kappa shape index (κ1) is 24.6. The van der Waals surface area contributed by atoms with E-state index in [2.05, 4.69) is 11.1 Å². The molecule has 5 fully saturated rings. The van der Waals surface area contributed by atoms with Crippen LogP contribution >= 0.6 is 0 Å². The standard InChI is InChI=1S/C24H30F3N7O2/c25-24(26,27)17-1-2-19(31-13-17)34-5-3-33(4-6-34)18(12-28)21(29)32-20-15-7-14-8-16(20)11-23(9-14,10-15)36-22(30)35/h1-2,13-16,18,20H,3-11H2,(H2,29,32)(H2,30,35). The van der Waals surface area contributed by atoms with E-state index in [4.69, 9.17) is 21.2 Å². The van der Waals surface area contributed by atoms with E-state index < -0.39 is 29.5 Å². The first-order chi connectivity index (χ1) is 17.1. The summed E-state index contributed by atoms with van der Waals surface area (Å²) in [4.78, 5) is 24.2. The highest BCUT2D eigenvalue weighted by Crippen LogP contribution is 2.58. The maximum absolute atomic E-state index is 12.8. The second-order valence-electron chi connectivity index (χ2n) is 10.6. The molecule has 12 heteroatoms. The second kappa shape index (κ2) is 9.10. The van der Waals surface area contributed by atoms with Crippen LogP contribution in [0.15, 0.2) is 23.3 Å². The van der Waals surface area contributed by atoms with Crippen molar-refractivity contribution in [1.82, 2.24) is 9.88 Å². The molecule has 2 heterocycles. The molecule has 1 amide bonds. The summed E-state index contributed by atoms with van der Waals surface area (Å²) in [7, 11) is 0. The molecular weight excluding hydrogens is 475 g/mol. The summed E-state index contributed by atoms with van der Waals surface area (Å²) in [5, 5.41) is 9.90. The lowest BCUT2D eigenvalue weighted by Gasteiger charge is -2.58. The molecule has 0 radical (unpaired) electrons. The fourth-order valence-corrected chi connectivity index (χ4v) is 7.00. The maximum atomic E-state index is 12.8. The minimum Gasteiger partial charge on any atom is -0.443 e. The number of aliphatic imine (C=N–C) groups is 1. The van der Waals surface area contributed by atoms with Crippen molar-refractivity contribution in [2.24, 2.45) is 34.2 Å². The van der Waals surface area contributed by atoms with E-state index in [0.29, 0.717) is 43.8 Å². The van der Waals surface area contributed by atoms with Crippen molar-refractivity contribution in [2.45, 2.75) is 56.0 Å². The Hall–Kier alpha value is -3.07. The Morgan fingerprint density at radius 2 is 1.83 bits per heavy atom. The van der Waals surface area contributed by atoms with Crippen molar-refractivity contribution in [1.29, 1.82) is 5.26 Å². The number of ether oxygens (including phenoxy) is 1. The van der Waals surface area contributed by atoms with Crippen LogP contribution in [0, 0.1) is 29.1 Å². The van der Waals surface area contributed by atoms with Gasteiger partial charge in [0.2, 0.25) is 0 Å². The molecule has 4 bridgehead atoms. The van der Waals surface area contributed by atoms with Gasteiger partial charge >= 0.3 is 12.3 Å². The number of rotatable bonds is 5. The van der Waals surface area contributed by atoms with Crippen molar-refractivity contribution in [2.75, 3.05) is 31.1 Å². The zero-order valence-corrected chi connectivity index (χ0v) is 19.8. The fraction of sp³-hybridized carbons (Fsp3) is 0.667. The Bertz CT molecular complexity index is 1050. The highest BCUT2D eigenvalue weighted by atomic mass is 19.4. The minimum atomic E-state index is -4.42. The summed E-state index contributed by atoms with van der Waals surface area (Å²) in [6.45, 7) is 2.03. The minimum absolute atomic E-state index is 0.000335. The van der Waals surface area contributed by atoms with Crippen molar-refractivity contribution in [3.05, 3.63) is 23.9 Å². The molecule has 5 aliphatic rings. The van der Waals surface area contributed by atoms with Gasteiger partial charge in [0.25, 0.3) is 0 Å². The summed E-state index contributed by atoms with van der Waals surface area (Å²) < 4.78 is 44.0. The van der Waals surface area contributed by atoms with Crippen LogP contribution in [-0.2, 0) is 10.9 Å². The lowest BCUT2D eigenvalue weighted by atomic mass is 9.52. The number of anilines is 1. The molecule has 0 aromatic carbocycles. The van der Waals surface area contributed by atoms with Gasteiger partial charge in [0.15, 0.2) is 6.04 Å². The van der Waals surface area contributed by atoms with Gasteiger partial charge in [-0.15, -0.1) is 0 Å². The van der Waals surface area contributed by atoms with Crippen LogP contribution in [0.5, 0.6) is 0 Å². The lowest BCUT2D eigenvalue weighted by molar-refractivity contribution is -0.137. The predicted molar refractivity (Wildman–Crippen MR) is 125 cm³/mol. The molecule has 4 saturated carbocycles. The van der Waals surface area contributed by atoms with E-state index in [1.165, 1.54) is 6.07 Å². The van der Waals surface area contributed by atoms with Gasteiger partial charge in [-0.25, -0.2) is 9.78 Å². The van der Waals surface area contributed by atoms with Crippen LogP contribution in [0.25, 0.3) is 0 Å². The molecule has 3 unspecified atom stereocenters. The number of nitriles is 1. The van der Waals surface area contributed by atoms with Crippen LogP contribution in [0.4, 0.5) is 23.8 Å². The number of aromatic nitrogens is 1. The van der Waals surface area contributed by atoms with Crippen LogP contribution in [0.1, 0.15) is 37.7 Å². The maximum Gasteiger partial charge on any atom is 0.417 e. The van der Waals surface area contributed by atoms with Gasteiger partial charge in [0, 0.05) is 32.4 Å². The molecule has 194 valence electrons. The Kier molecular flexibility index (Phi) is 6.22. The van der Waals surface area contributed by atoms with E-state index >= 15 is 0 Å². The zero-order chi connectivity index (χ0) is 25.7. The van der Waals surface area contributed by atoms with Crippen LogP contribution in [0.2, 0.25) is 0 Å². The van der Waals surface area contributed by atoms with E-state index in [-0.39, 0.29) is 17.9 Å². The van der Waals surface area contributed by atoms with Gasteiger partial charge in [-0.3, -0.25) is 9.89 Å². The van der Waals surface area contributed by atoms with Crippen molar-refractivity contribution in [3.63, 3.8) is 0 Å². The molecule has 3 atom stereocenters. The largest absolute Gasteiger partial charge is 0.443 e. The number of alkyl halides is 3. The van der Waals surface area contributed by atoms with Crippen molar-refractivity contribution >= 4 is 17.7 Å². The predicted octanol–water partition coefficient (Wildman–Crippen LogP) is 2.51. The average molecular weight is 506 g/mol. The molecule has 4 N–H and O–H groups in total. The summed E-state index contributed by atoms with van der Waals surface area (Å²) in [6, 6.07) is 4.00. The first-order valence-electron chi connectivity index (χ1n) is 12.3. The molecule has 9 nitrogen and oxygen atoms in total. The molecule has 1 aliphatic heterocycles.